The minimum absolute atomic E-state index is 0.0106. The second-order valence-electron chi connectivity index (χ2n) is 4.59. The van der Waals surface area contributed by atoms with Crippen molar-refractivity contribution in [1.29, 1.82) is 0 Å². The number of carbonyl (C=O) groups is 1. The molecule has 6 nitrogen and oxygen atoms in total. The van der Waals surface area contributed by atoms with Crippen molar-refractivity contribution in [3.8, 4) is 0 Å². The molecule has 0 bridgehead atoms. The van der Waals surface area contributed by atoms with Crippen LogP contribution in [0.1, 0.15) is 19.3 Å². The number of amides is 1. The normalized spacial score (nSPS) is 28.1. The van der Waals surface area contributed by atoms with Gasteiger partial charge in [-0.1, -0.05) is 5.16 Å². The molecule has 96 valence electrons. The van der Waals surface area contributed by atoms with Crippen molar-refractivity contribution in [2.24, 2.45) is 11.1 Å². The van der Waals surface area contributed by atoms with Gasteiger partial charge >= 0.3 is 0 Å². The Labute approximate surface area is 100 Å². The Morgan fingerprint density at radius 1 is 1.35 bits per heavy atom. The maximum atomic E-state index is 12.0. The summed E-state index contributed by atoms with van der Waals surface area (Å²) < 4.78 is 22.6. The molecule has 1 N–H and O–H groups in total. The molecule has 2 aliphatic rings. The summed E-state index contributed by atoms with van der Waals surface area (Å²) >= 11 is 0. The highest BCUT2D eigenvalue weighted by molar-refractivity contribution is 7.91. The van der Waals surface area contributed by atoms with Crippen molar-refractivity contribution in [3.63, 3.8) is 0 Å². The van der Waals surface area contributed by atoms with Crippen LogP contribution >= 0.6 is 0 Å². The summed E-state index contributed by atoms with van der Waals surface area (Å²) in [5, 5.41) is 11.7. The standard InChI is InChI=1S/C10H16N2O4S/c13-10(8-3-6-17(15,16)7-8)12-4-1-9(11-14)2-5-12/h8,14H,1-7H2. The van der Waals surface area contributed by atoms with Crippen LogP contribution in [0.4, 0.5) is 0 Å². The smallest absolute Gasteiger partial charge is 0.226 e. The summed E-state index contributed by atoms with van der Waals surface area (Å²) in [6.07, 6.45) is 1.59. The van der Waals surface area contributed by atoms with Crippen LogP contribution in [-0.2, 0) is 14.6 Å². The highest BCUT2D eigenvalue weighted by Crippen LogP contribution is 2.22. The van der Waals surface area contributed by atoms with E-state index in [9.17, 15) is 13.2 Å². The zero-order chi connectivity index (χ0) is 12.5. The molecular formula is C10H16N2O4S. The first kappa shape index (κ1) is 12.3. The van der Waals surface area contributed by atoms with Gasteiger partial charge in [-0.05, 0) is 6.42 Å². The van der Waals surface area contributed by atoms with E-state index in [0.29, 0.717) is 38.1 Å². The van der Waals surface area contributed by atoms with E-state index in [-0.39, 0.29) is 23.3 Å². The monoisotopic (exact) mass is 260 g/mol. The molecule has 1 atom stereocenters. The van der Waals surface area contributed by atoms with E-state index < -0.39 is 9.84 Å². The van der Waals surface area contributed by atoms with Gasteiger partial charge in [0.15, 0.2) is 9.84 Å². The van der Waals surface area contributed by atoms with Crippen molar-refractivity contribution in [2.75, 3.05) is 24.6 Å². The number of likely N-dealkylation sites (tertiary alicyclic amines) is 1. The van der Waals surface area contributed by atoms with Gasteiger partial charge in [-0.25, -0.2) is 8.42 Å². The summed E-state index contributed by atoms with van der Waals surface area (Å²) in [4.78, 5) is 13.7. The van der Waals surface area contributed by atoms with Gasteiger partial charge in [0.05, 0.1) is 23.1 Å². The van der Waals surface area contributed by atoms with E-state index in [1.54, 1.807) is 4.90 Å². The van der Waals surface area contributed by atoms with E-state index in [1.807, 2.05) is 0 Å². The fraction of sp³-hybridized carbons (Fsp3) is 0.800. The van der Waals surface area contributed by atoms with Crippen molar-refractivity contribution in [1.82, 2.24) is 4.90 Å². The molecule has 0 saturated carbocycles. The zero-order valence-electron chi connectivity index (χ0n) is 9.50. The van der Waals surface area contributed by atoms with E-state index in [1.165, 1.54) is 0 Å². The molecule has 1 unspecified atom stereocenters. The lowest BCUT2D eigenvalue weighted by Crippen LogP contribution is -2.42. The lowest BCUT2D eigenvalue weighted by atomic mass is 10.0. The second kappa shape index (κ2) is 4.64. The minimum atomic E-state index is -3.01. The summed E-state index contributed by atoms with van der Waals surface area (Å²) in [7, 11) is -3.01. The van der Waals surface area contributed by atoms with Gasteiger partial charge in [-0.3, -0.25) is 4.79 Å². The molecule has 2 heterocycles. The van der Waals surface area contributed by atoms with Gasteiger partial charge in [0.1, 0.15) is 0 Å². The number of hydrogen-bond acceptors (Lipinski definition) is 5. The van der Waals surface area contributed by atoms with Crippen molar-refractivity contribution in [2.45, 2.75) is 19.3 Å². The average molecular weight is 260 g/mol. The van der Waals surface area contributed by atoms with Gasteiger partial charge < -0.3 is 10.1 Å². The first-order valence-corrected chi connectivity index (χ1v) is 7.53. The molecule has 0 aromatic carbocycles. The molecule has 2 rings (SSSR count). The molecule has 1 amide bonds. The molecule has 0 aliphatic carbocycles. The van der Waals surface area contributed by atoms with Crippen LogP contribution < -0.4 is 0 Å². The Kier molecular flexibility index (Phi) is 3.37. The first-order chi connectivity index (χ1) is 8.02. The number of rotatable bonds is 1. The third-order valence-electron chi connectivity index (χ3n) is 3.38. The summed E-state index contributed by atoms with van der Waals surface area (Å²) in [6, 6.07) is 0. The van der Waals surface area contributed by atoms with Crippen LogP contribution in [0, 0.1) is 5.92 Å². The lowest BCUT2D eigenvalue weighted by molar-refractivity contribution is -0.134. The SMILES string of the molecule is O=C(C1CCS(=O)(=O)C1)N1CCC(=NO)CC1. The van der Waals surface area contributed by atoms with Crippen LogP contribution in [0.15, 0.2) is 5.16 Å². The van der Waals surface area contributed by atoms with Gasteiger partial charge in [0, 0.05) is 25.9 Å². The van der Waals surface area contributed by atoms with Gasteiger partial charge in [-0.2, -0.15) is 0 Å². The maximum absolute atomic E-state index is 12.0. The number of carbonyl (C=O) groups excluding carboxylic acids is 1. The average Bonchev–Trinajstić information content (AvgIpc) is 2.69. The van der Waals surface area contributed by atoms with Crippen LogP contribution in [0.3, 0.4) is 0 Å². The molecule has 0 radical (unpaired) electrons. The third-order valence-corrected chi connectivity index (χ3v) is 5.14. The summed E-state index contributed by atoms with van der Waals surface area (Å²) in [5.74, 6) is -0.320. The van der Waals surface area contributed by atoms with E-state index in [2.05, 4.69) is 5.16 Å². The topological polar surface area (TPSA) is 87.0 Å². The highest BCUT2D eigenvalue weighted by Gasteiger charge is 2.36. The molecule has 0 spiro atoms. The Hall–Kier alpha value is -1.11. The number of nitrogens with zero attached hydrogens (tertiary/aromatic N) is 2. The van der Waals surface area contributed by atoms with Gasteiger partial charge in [0.25, 0.3) is 0 Å². The molecule has 2 saturated heterocycles. The zero-order valence-corrected chi connectivity index (χ0v) is 10.3. The molecular weight excluding hydrogens is 244 g/mol. The predicted octanol–water partition coefficient (Wildman–Crippen LogP) is -0.126. The Bertz CT molecular complexity index is 433. The van der Waals surface area contributed by atoms with Gasteiger partial charge in [0.2, 0.25) is 5.91 Å². The van der Waals surface area contributed by atoms with Crippen LogP contribution in [0.25, 0.3) is 0 Å². The Morgan fingerprint density at radius 3 is 2.47 bits per heavy atom. The largest absolute Gasteiger partial charge is 0.411 e. The third kappa shape index (κ3) is 2.77. The van der Waals surface area contributed by atoms with Crippen LogP contribution in [0.2, 0.25) is 0 Å². The Balaban J connectivity index is 1.94. The number of sulfone groups is 1. The molecule has 17 heavy (non-hydrogen) atoms. The lowest BCUT2D eigenvalue weighted by Gasteiger charge is -2.29. The van der Waals surface area contributed by atoms with E-state index in [4.69, 9.17) is 5.21 Å². The van der Waals surface area contributed by atoms with E-state index in [0.717, 1.165) is 0 Å². The molecule has 2 fully saturated rings. The van der Waals surface area contributed by atoms with Crippen LogP contribution in [-0.4, -0.2) is 54.7 Å². The van der Waals surface area contributed by atoms with Crippen LogP contribution in [0.5, 0.6) is 0 Å². The Morgan fingerprint density at radius 2 is 2.00 bits per heavy atom. The minimum Gasteiger partial charge on any atom is -0.411 e. The van der Waals surface area contributed by atoms with E-state index >= 15 is 0 Å². The second-order valence-corrected chi connectivity index (χ2v) is 6.82. The van der Waals surface area contributed by atoms with Gasteiger partial charge in [-0.15, -0.1) is 0 Å². The number of oxime groups is 1. The van der Waals surface area contributed by atoms with Crippen molar-refractivity contribution < 1.29 is 18.4 Å². The predicted molar refractivity (Wildman–Crippen MR) is 61.8 cm³/mol. The molecule has 0 aromatic heterocycles. The number of piperidine rings is 1. The quantitative estimate of drug-likeness (QED) is 0.525. The fourth-order valence-electron chi connectivity index (χ4n) is 2.33. The maximum Gasteiger partial charge on any atom is 0.226 e. The first-order valence-electron chi connectivity index (χ1n) is 5.71. The molecule has 0 aromatic rings. The van der Waals surface area contributed by atoms with Crippen molar-refractivity contribution >= 4 is 21.5 Å². The summed E-state index contributed by atoms with van der Waals surface area (Å²) in [6.45, 7) is 1.05. The molecule has 2 aliphatic heterocycles. The van der Waals surface area contributed by atoms with Crippen molar-refractivity contribution in [3.05, 3.63) is 0 Å². The number of hydrogen-bond donors (Lipinski definition) is 1. The fourth-order valence-corrected chi connectivity index (χ4v) is 4.07. The molecule has 7 heteroatoms. The highest BCUT2D eigenvalue weighted by atomic mass is 32.2. The summed E-state index contributed by atoms with van der Waals surface area (Å²) in [5.41, 5.74) is 0.702.